The number of hydrogen-bond donors (Lipinski definition) is 0. The molecular formula is C16H23N3O4. The predicted octanol–water partition coefficient (Wildman–Crippen LogP) is 3.04. The van der Waals surface area contributed by atoms with Crippen molar-refractivity contribution in [3.63, 3.8) is 0 Å². The molecule has 0 aromatic heterocycles. The van der Waals surface area contributed by atoms with Crippen molar-refractivity contribution < 1.29 is 14.5 Å². The Kier molecular flexibility index (Phi) is 4.77. The summed E-state index contributed by atoms with van der Waals surface area (Å²) in [6.07, 6.45) is -0.316. The third kappa shape index (κ3) is 4.34. The first-order chi connectivity index (χ1) is 10.7. The Hall–Kier alpha value is -2.31. The average molecular weight is 321 g/mol. The highest BCUT2D eigenvalue weighted by molar-refractivity contribution is 5.69. The van der Waals surface area contributed by atoms with Gasteiger partial charge in [0.15, 0.2) is 0 Å². The lowest BCUT2D eigenvalue weighted by Gasteiger charge is -2.41. The van der Waals surface area contributed by atoms with E-state index in [0.717, 1.165) is 5.69 Å². The Balaban J connectivity index is 2.05. The fourth-order valence-electron chi connectivity index (χ4n) is 2.59. The Morgan fingerprint density at radius 1 is 1.35 bits per heavy atom. The molecule has 1 aromatic carbocycles. The zero-order chi connectivity index (χ0) is 17.2. The van der Waals surface area contributed by atoms with Gasteiger partial charge in [0, 0.05) is 43.5 Å². The van der Waals surface area contributed by atoms with Crippen LogP contribution in [-0.2, 0) is 4.74 Å². The van der Waals surface area contributed by atoms with Crippen molar-refractivity contribution in [2.45, 2.75) is 39.3 Å². The number of carbonyl (C=O) groups excluding carboxylic acids is 1. The molecule has 1 amide bonds. The van der Waals surface area contributed by atoms with Gasteiger partial charge in [-0.1, -0.05) is 6.07 Å². The minimum atomic E-state index is -0.520. The van der Waals surface area contributed by atoms with Crippen molar-refractivity contribution in [2.75, 3.05) is 24.5 Å². The summed E-state index contributed by atoms with van der Waals surface area (Å²) in [5.74, 6) is 0. The first-order valence-electron chi connectivity index (χ1n) is 7.66. The molecule has 0 unspecified atom stereocenters. The van der Waals surface area contributed by atoms with Crippen LogP contribution in [0.5, 0.6) is 0 Å². The molecule has 1 atom stereocenters. The van der Waals surface area contributed by atoms with E-state index in [2.05, 4.69) is 4.90 Å². The smallest absolute Gasteiger partial charge is 0.410 e. The molecule has 7 nitrogen and oxygen atoms in total. The van der Waals surface area contributed by atoms with E-state index in [4.69, 9.17) is 4.74 Å². The van der Waals surface area contributed by atoms with Gasteiger partial charge >= 0.3 is 6.09 Å². The van der Waals surface area contributed by atoms with Crippen molar-refractivity contribution in [3.05, 3.63) is 34.4 Å². The van der Waals surface area contributed by atoms with Gasteiger partial charge in [-0.2, -0.15) is 0 Å². The molecule has 1 aromatic rings. The number of non-ortho nitro benzene ring substituents is 1. The van der Waals surface area contributed by atoms with E-state index >= 15 is 0 Å². The van der Waals surface area contributed by atoms with E-state index in [1.165, 1.54) is 6.07 Å². The number of piperazine rings is 1. The molecule has 1 aliphatic rings. The van der Waals surface area contributed by atoms with E-state index in [1.54, 1.807) is 17.0 Å². The number of ether oxygens (including phenoxy) is 1. The maximum atomic E-state index is 12.2. The van der Waals surface area contributed by atoms with E-state index in [-0.39, 0.29) is 17.8 Å². The summed E-state index contributed by atoms with van der Waals surface area (Å²) in [6, 6.07) is 6.54. The molecule has 2 rings (SSSR count). The van der Waals surface area contributed by atoms with Crippen molar-refractivity contribution in [1.82, 2.24) is 4.90 Å². The van der Waals surface area contributed by atoms with E-state index in [0.29, 0.717) is 19.6 Å². The Morgan fingerprint density at radius 3 is 2.61 bits per heavy atom. The highest BCUT2D eigenvalue weighted by Gasteiger charge is 2.31. The van der Waals surface area contributed by atoms with Crippen LogP contribution in [0.2, 0.25) is 0 Å². The molecule has 1 heterocycles. The normalized spacial score (nSPS) is 18.7. The van der Waals surface area contributed by atoms with Gasteiger partial charge in [0.05, 0.1) is 4.92 Å². The summed E-state index contributed by atoms with van der Waals surface area (Å²) in [4.78, 5) is 26.5. The summed E-state index contributed by atoms with van der Waals surface area (Å²) in [5.41, 5.74) is 0.355. The minimum Gasteiger partial charge on any atom is -0.444 e. The van der Waals surface area contributed by atoms with Gasteiger partial charge in [-0.15, -0.1) is 0 Å². The molecular weight excluding hydrogens is 298 g/mol. The van der Waals surface area contributed by atoms with Crippen LogP contribution in [0.1, 0.15) is 27.7 Å². The Labute approximate surface area is 136 Å². The number of anilines is 1. The number of benzene rings is 1. The molecule has 1 fully saturated rings. The van der Waals surface area contributed by atoms with Gasteiger partial charge in [0.1, 0.15) is 5.60 Å². The number of hydrogen-bond acceptors (Lipinski definition) is 5. The topological polar surface area (TPSA) is 75.9 Å². The van der Waals surface area contributed by atoms with Gasteiger partial charge in [-0.25, -0.2) is 4.79 Å². The lowest BCUT2D eigenvalue weighted by Crippen LogP contribution is -2.55. The van der Waals surface area contributed by atoms with Gasteiger partial charge in [-0.05, 0) is 33.8 Å². The third-order valence-corrected chi connectivity index (χ3v) is 3.66. The molecule has 1 aliphatic heterocycles. The first-order valence-corrected chi connectivity index (χ1v) is 7.66. The summed E-state index contributed by atoms with van der Waals surface area (Å²) in [6.45, 7) is 9.23. The molecule has 7 heteroatoms. The maximum Gasteiger partial charge on any atom is 0.410 e. The number of carbonyl (C=O) groups is 1. The molecule has 0 aliphatic carbocycles. The van der Waals surface area contributed by atoms with E-state index in [9.17, 15) is 14.9 Å². The maximum absolute atomic E-state index is 12.2. The number of nitro benzene ring substituents is 1. The number of nitro groups is 1. The van der Waals surface area contributed by atoms with Gasteiger partial charge in [-0.3, -0.25) is 10.1 Å². The second kappa shape index (κ2) is 6.44. The van der Waals surface area contributed by atoms with Crippen LogP contribution in [0, 0.1) is 10.1 Å². The fourth-order valence-corrected chi connectivity index (χ4v) is 2.59. The summed E-state index contributed by atoms with van der Waals surface area (Å²) in [7, 11) is 0. The quantitative estimate of drug-likeness (QED) is 0.618. The van der Waals surface area contributed by atoms with E-state index in [1.807, 2.05) is 33.8 Å². The van der Waals surface area contributed by atoms with Crippen molar-refractivity contribution >= 4 is 17.5 Å². The third-order valence-electron chi connectivity index (χ3n) is 3.66. The number of rotatable bonds is 2. The van der Waals surface area contributed by atoms with Crippen molar-refractivity contribution in [3.8, 4) is 0 Å². The zero-order valence-electron chi connectivity index (χ0n) is 14.0. The monoisotopic (exact) mass is 321 g/mol. The molecule has 0 spiro atoms. The minimum absolute atomic E-state index is 0.0298. The zero-order valence-corrected chi connectivity index (χ0v) is 14.0. The Bertz CT molecular complexity index is 597. The predicted molar refractivity (Wildman–Crippen MR) is 87.7 cm³/mol. The summed E-state index contributed by atoms with van der Waals surface area (Å²) < 4.78 is 5.42. The van der Waals surface area contributed by atoms with Gasteiger partial charge in [0.25, 0.3) is 5.69 Å². The average Bonchev–Trinajstić information content (AvgIpc) is 2.45. The van der Waals surface area contributed by atoms with Crippen LogP contribution >= 0.6 is 0 Å². The largest absolute Gasteiger partial charge is 0.444 e. The number of nitrogens with zero attached hydrogens (tertiary/aromatic N) is 3. The second-order valence-electron chi connectivity index (χ2n) is 6.75. The van der Waals surface area contributed by atoms with Crippen LogP contribution in [0.4, 0.5) is 16.2 Å². The lowest BCUT2D eigenvalue weighted by atomic mass is 10.1. The van der Waals surface area contributed by atoms with Crippen molar-refractivity contribution in [1.29, 1.82) is 0 Å². The van der Waals surface area contributed by atoms with Crippen LogP contribution in [0.25, 0.3) is 0 Å². The van der Waals surface area contributed by atoms with Gasteiger partial charge < -0.3 is 14.5 Å². The van der Waals surface area contributed by atoms with E-state index < -0.39 is 10.5 Å². The molecule has 1 saturated heterocycles. The van der Waals surface area contributed by atoms with Crippen LogP contribution in [0.15, 0.2) is 24.3 Å². The first kappa shape index (κ1) is 17.1. The number of amides is 1. The Morgan fingerprint density at radius 2 is 2.04 bits per heavy atom. The fraction of sp³-hybridized carbons (Fsp3) is 0.562. The highest BCUT2D eigenvalue weighted by Crippen LogP contribution is 2.24. The van der Waals surface area contributed by atoms with Crippen LogP contribution in [-0.4, -0.2) is 47.2 Å². The van der Waals surface area contributed by atoms with Crippen molar-refractivity contribution in [2.24, 2.45) is 0 Å². The standard InChI is InChI=1S/C16H23N3O4/c1-12-11-17(13-6-5-7-14(10-13)19(21)22)8-9-18(12)15(20)23-16(2,3)4/h5-7,10,12H,8-9,11H2,1-4H3/t12-/m0/s1. The SMILES string of the molecule is C[C@H]1CN(c2cccc([N+](=O)[O-])c2)CCN1C(=O)OC(C)(C)C. The molecule has 0 N–H and O–H groups in total. The molecule has 0 radical (unpaired) electrons. The summed E-state index contributed by atoms with van der Waals surface area (Å²) in [5, 5.41) is 10.9. The lowest BCUT2D eigenvalue weighted by molar-refractivity contribution is -0.384. The van der Waals surface area contributed by atoms with Crippen LogP contribution < -0.4 is 4.90 Å². The summed E-state index contributed by atoms with van der Waals surface area (Å²) >= 11 is 0. The molecule has 0 saturated carbocycles. The molecule has 126 valence electrons. The highest BCUT2D eigenvalue weighted by atomic mass is 16.6. The van der Waals surface area contributed by atoms with Gasteiger partial charge in [0.2, 0.25) is 0 Å². The second-order valence-corrected chi connectivity index (χ2v) is 6.75. The molecule has 23 heavy (non-hydrogen) atoms. The van der Waals surface area contributed by atoms with Crippen LogP contribution in [0.3, 0.4) is 0 Å². The molecule has 0 bridgehead atoms.